The lowest BCUT2D eigenvalue weighted by Crippen LogP contribution is -2.34. The van der Waals surface area contributed by atoms with Gasteiger partial charge in [-0.25, -0.2) is 0 Å². The molecule has 0 saturated carbocycles. The minimum Gasteiger partial charge on any atom is -0.481 e. The molecule has 0 unspecified atom stereocenters. The number of aliphatic carboxylic acids is 1. The Hall–Kier alpha value is -0.610. The normalized spacial score (nSPS) is 20.4. The van der Waals surface area contributed by atoms with Gasteiger partial charge in [-0.3, -0.25) is 4.79 Å². The maximum atomic E-state index is 10.2. The predicted molar refractivity (Wildman–Crippen MR) is 48.7 cm³/mol. The topological polar surface area (TPSA) is 49.8 Å². The van der Waals surface area contributed by atoms with Crippen molar-refractivity contribution in [2.24, 2.45) is 0 Å². The van der Waals surface area contributed by atoms with Crippen LogP contribution in [0.15, 0.2) is 0 Å². The molecule has 13 heavy (non-hydrogen) atoms. The van der Waals surface area contributed by atoms with Crippen molar-refractivity contribution in [3.8, 4) is 0 Å². The fourth-order valence-electron chi connectivity index (χ4n) is 1.46. The Bertz CT molecular complexity index is 164. The minimum atomic E-state index is -0.784. The summed E-state index contributed by atoms with van der Waals surface area (Å²) in [5.41, 5.74) is 0. The molecule has 0 aromatic rings. The zero-order valence-electron chi connectivity index (χ0n) is 8.03. The Labute approximate surface area is 78.5 Å². The molecule has 0 amide bonds. The third-order valence-corrected chi connectivity index (χ3v) is 2.34. The summed E-state index contributed by atoms with van der Waals surface area (Å²) in [6.45, 7) is 2.46. The van der Waals surface area contributed by atoms with Crippen LogP contribution < -0.4 is 0 Å². The third-order valence-electron chi connectivity index (χ3n) is 2.34. The summed E-state index contributed by atoms with van der Waals surface area (Å²) in [6, 6.07) is 0. The number of carbonyl (C=O) groups is 1. The average molecular weight is 187 g/mol. The van der Waals surface area contributed by atoms with Gasteiger partial charge in [0.05, 0.1) is 19.1 Å². The summed E-state index contributed by atoms with van der Waals surface area (Å²) in [7, 11) is 2.09. The van der Waals surface area contributed by atoms with Crippen LogP contribution in [0.5, 0.6) is 0 Å². The van der Waals surface area contributed by atoms with E-state index in [2.05, 4.69) is 11.9 Å². The molecule has 1 aliphatic rings. The number of carboxylic acid groups (broad SMARTS) is 1. The number of hydrogen-bond acceptors (Lipinski definition) is 3. The van der Waals surface area contributed by atoms with E-state index in [-0.39, 0.29) is 12.5 Å². The number of ether oxygens (including phenoxy) is 1. The monoisotopic (exact) mass is 187 g/mol. The lowest BCUT2D eigenvalue weighted by atomic mass is 10.1. The van der Waals surface area contributed by atoms with Gasteiger partial charge in [0.2, 0.25) is 0 Å². The molecule has 0 spiro atoms. The van der Waals surface area contributed by atoms with Gasteiger partial charge >= 0.3 is 5.97 Å². The van der Waals surface area contributed by atoms with Crippen molar-refractivity contribution in [3.63, 3.8) is 0 Å². The summed E-state index contributed by atoms with van der Waals surface area (Å²) < 4.78 is 5.43. The zero-order chi connectivity index (χ0) is 9.68. The van der Waals surface area contributed by atoms with Gasteiger partial charge in [0.25, 0.3) is 0 Å². The molecular formula is C9H17NO3. The van der Waals surface area contributed by atoms with Crippen LogP contribution in [-0.4, -0.2) is 48.8 Å². The highest BCUT2D eigenvalue weighted by molar-refractivity contribution is 5.66. The molecule has 0 radical (unpaired) electrons. The van der Waals surface area contributed by atoms with Crippen molar-refractivity contribution in [1.29, 1.82) is 0 Å². The molecule has 0 bridgehead atoms. The second-order valence-electron chi connectivity index (χ2n) is 3.52. The quantitative estimate of drug-likeness (QED) is 0.699. The summed E-state index contributed by atoms with van der Waals surface area (Å²) >= 11 is 0. The van der Waals surface area contributed by atoms with Gasteiger partial charge in [-0.05, 0) is 19.9 Å². The summed E-state index contributed by atoms with van der Waals surface area (Å²) in [5.74, 6) is -0.784. The number of carboxylic acids is 1. The summed E-state index contributed by atoms with van der Waals surface area (Å²) in [5, 5.41) is 8.40. The second kappa shape index (κ2) is 5.19. The van der Waals surface area contributed by atoms with Gasteiger partial charge < -0.3 is 14.7 Å². The summed E-state index contributed by atoms with van der Waals surface area (Å²) in [6.07, 6.45) is 2.44. The lowest BCUT2D eigenvalue weighted by Gasteiger charge is -2.28. The molecule has 1 rings (SSSR count). The SMILES string of the molecule is CN1CCC(OCCC(=O)O)CC1. The highest BCUT2D eigenvalue weighted by Crippen LogP contribution is 2.11. The van der Waals surface area contributed by atoms with E-state index in [0.717, 1.165) is 25.9 Å². The molecule has 4 heteroatoms. The first-order valence-corrected chi connectivity index (χ1v) is 4.70. The molecule has 4 nitrogen and oxygen atoms in total. The van der Waals surface area contributed by atoms with Crippen LogP contribution in [0.2, 0.25) is 0 Å². The number of likely N-dealkylation sites (tertiary alicyclic amines) is 1. The van der Waals surface area contributed by atoms with E-state index in [1.165, 1.54) is 0 Å². The van der Waals surface area contributed by atoms with Crippen LogP contribution in [0, 0.1) is 0 Å². The zero-order valence-corrected chi connectivity index (χ0v) is 8.03. The minimum absolute atomic E-state index is 0.117. The van der Waals surface area contributed by atoms with Crippen LogP contribution in [0.25, 0.3) is 0 Å². The van der Waals surface area contributed by atoms with Crippen molar-refractivity contribution in [2.75, 3.05) is 26.7 Å². The first-order chi connectivity index (χ1) is 6.18. The van der Waals surface area contributed by atoms with E-state index >= 15 is 0 Å². The Morgan fingerprint density at radius 2 is 2.15 bits per heavy atom. The Kier molecular flexibility index (Phi) is 4.18. The van der Waals surface area contributed by atoms with Crippen molar-refractivity contribution in [1.82, 2.24) is 4.90 Å². The standard InChI is InChI=1S/C9H17NO3/c1-10-5-2-8(3-6-10)13-7-4-9(11)12/h8H,2-7H2,1H3,(H,11,12). The van der Waals surface area contributed by atoms with Crippen molar-refractivity contribution in [3.05, 3.63) is 0 Å². The fraction of sp³-hybridized carbons (Fsp3) is 0.889. The second-order valence-corrected chi connectivity index (χ2v) is 3.52. The molecular weight excluding hydrogens is 170 g/mol. The Balaban J connectivity index is 2.05. The van der Waals surface area contributed by atoms with Crippen LogP contribution in [-0.2, 0) is 9.53 Å². The van der Waals surface area contributed by atoms with Gasteiger partial charge in [-0.15, -0.1) is 0 Å². The summed E-state index contributed by atoms with van der Waals surface area (Å²) in [4.78, 5) is 12.5. The Morgan fingerprint density at radius 1 is 1.54 bits per heavy atom. The molecule has 0 aliphatic carbocycles. The highest BCUT2D eigenvalue weighted by atomic mass is 16.5. The maximum absolute atomic E-state index is 10.2. The van der Waals surface area contributed by atoms with Crippen molar-refractivity contribution < 1.29 is 14.6 Å². The molecule has 0 atom stereocenters. The van der Waals surface area contributed by atoms with Crippen LogP contribution in [0.4, 0.5) is 0 Å². The van der Waals surface area contributed by atoms with E-state index in [4.69, 9.17) is 9.84 Å². The first kappa shape index (κ1) is 10.5. The van der Waals surface area contributed by atoms with Gasteiger partial charge in [0.15, 0.2) is 0 Å². The van der Waals surface area contributed by atoms with Crippen LogP contribution >= 0.6 is 0 Å². The number of piperidine rings is 1. The molecule has 1 fully saturated rings. The largest absolute Gasteiger partial charge is 0.481 e. The van der Waals surface area contributed by atoms with Gasteiger partial charge in [-0.2, -0.15) is 0 Å². The van der Waals surface area contributed by atoms with Crippen LogP contribution in [0.1, 0.15) is 19.3 Å². The van der Waals surface area contributed by atoms with Gasteiger partial charge in [0, 0.05) is 13.1 Å². The van der Waals surface area contributed by atoms with Gasteiger partial charge in [0.1, 0.15) is 0 Å². The number of nitrogens with zero attached hydrogens (tertiary/aromatic N) is 1. The Morgan fingerprint density at radius 3 is 2.69 bits per heavy atom. The van der Waals surface area contributed by atoms with E-state index < -0.39 is 5.97 Å². The smallest absolute Gasteiger partial charge is 0.305 e. The predicted octanol–water partition coefficient (Wildman–Crippen LogP) is 0.572. The van der Waals surface area contributed by atoms with Gasteiger partial charge in [-0.1, -0.05) is 0 Å². The van der Waals surface area contributed by atoms with Crippen LogP contribution in [0.3, 0.4) is 0 Å². The lowest BCUT2D eigenvalue weighted by molar-refractivity contribution is -0.138. The average Bonchev–Trinajstić information content (AvgIpc) is 2.08. The maximum Gasteiger partial charge on any atom is 0.305 e. The van der Waals surface area contributed by atoms with E-state index in [1.807, 2.05) is 0 Å². The number of hydrogen-bond donors (Lipinski definition) is 1. The number of rotatable bonds is 4. The molecule has 1 saturated heterocycles. The first-order valence-electron chi connectivity index (χ1n) is 4.70. The molecule has 1 aliphatic heterocycles. The van der Waals surface area contributed by atoms with Crippen molar-refractivity contribution >= 4 is 5.97 Å². The molecule has 1 N–H and O–H groups in total. The molecule has 0 aromatic carbocycles. The fourth-order valence-corrected chi connectivity index (χ4v) is 1.46. The van der Waals surface area contributed by atoms with E-state index in [0.29, 0.717) is 6.61 Å². The third kappa shape index (κ3) is 4.24. The molecule has 76 valence electrons. The van der Waals surface area contributed by atoms with E-state index in [1.54, 1.807) is 0 Å². The molecule has 0 aromatic heterocycles. The molecule has 1 heterocycles. The van der Waals surface area contributed by atoms with E-state index in [9.17, 15) is 4.79 Å². The van der Waals surface area contributed by atoms with Crippen molar-refractivity contribution in [2.45, 2.75) is 25.4 Å². The highest BCUT2D eigenvalue weighted by Gasteiger charge is 2.16.